The Kier molecular flexibility index (Phi) is 3.96. The van der Waals surface area contributed by atoms with Gasteiger partial charge in [0.2, 0.25) is 0 Å². The average molecular weight is 332 g/mol. The van der Waals surface area contributed by atoms with Gasteiger partial charge in [0.15, 0.2) is 5.78 Å². The molecule has 0 radical (unpaired) electrons. The molecule has 7 atom stereocenters. The van der Waals surface area contributed by atoms with E-state index in [0.717, 1.165) is 44.9 Å². The number of carbonyl (C=O) groups excluding carboxylic acids is 1. The van der Waals surface area contributed by atoms with Crippen LogP contribution in [-0.4, -0.2) is 28.7 Å². The van der Waals surface area contributed by atoms with Crippen molar-refractivity contribution in [2.45, 2.75) is 71.3 Å². The number of carbonyl (C=O) groups is 1. The van der Waals surface area contributed by atoms with Gasteiger partial charge in [-0.3, -0.25) is 4.79 Å². The van der Waals surface area contributed by atoms with Crippen LogP contribution >= 0.6 is 0 Å². The Bertz CT molecular complexity index is 567. The minimum absolute atomic E-state index is 0.0671. The summed E-state index contributed by atoms with van der Waals surface area (Å²) in [6.45, 7) is 4.47. The van der Waals surface area contributed by atoms with Crippen molar-refractivity contribution in [1.82, 2.24) is 0 Å². The second-order valence-corrected chi connectivity index (χ2v) is 9.45. The van der Waals surface area contributed by atoms with Gasteiger partial charge in [0.25, 0.3) is 0 Å². The van der Waals surface area contributed by atoms with Gasteiger partial charge < -0.3 is 10.2 Å². The summed E-state index contributed by atoms with van der Waals surface area (Å²) < 4.78 is 0. The van der Waals surface area contributed by atoms with Gasteiger partial charge in [-0.25, -0.2) is 0 Å². The fourth-order valence-electron chi connectivity index (χ4n) is 7.28. The molecule has 24 heavy (non-hydrogen) atoms. The van der Waals surface area contributed by atoms with Crippen molar-refractivity contribution in [3.8, 4) is 0 Å². The number of hydrogen-bond acceptors (Lipinski definition) is 3. The Hall–Kier alpha value is -0.670. The van der Waals surface area contributed by atoms with Crippen molar-refractivity contribution in [1.29, 1.82) is 0 Å². The van der Waals surface area contributed by atoms with Crippen LogP contribution in [0, 0.1) is 34.5 Å². The van der Waals surface area contributed by atoms with Crippen LogP contribution in [0.3, 0.4) is 0 Å². The smallest absolute Gasteiger partial charge is 0.161 e. The molecule has 0 amide bonds. The summed E-state index contributed by atoms with van der Waals surface area (Å²) in [5.41, 5.74) is 1.87. The predicted molar refractivity (Wildman–Crippen MR) is 93.3 cm³/mol. The van der Waals surface area contributed by atoms with Crippen LogP contribution in [0.4, 0.5) is 0 Å². The lowest BCUT2D eigenvalue weighted by Gasteiger charge is -2.57. The lowest BCUT2D eigenvalue weighted by atomic mass is 9.47. The molecule has 0 saturated heterocycles. The van der Waals surface area contributed by atoms with Gasteiger partial charge in [-0.2, -0.15) is 0 Å². The molecule has 0 aromatic carbocycles. The SMILES string of the molecule is C[C@]12CC[C@@H]3[C@H](CC=C4C[C@H](O)CC[C@]43C)[C@@H]1CC[C@H]2C(=O)CO. The summed E-state index contributed by atoms with van der Waals surface area (Å²) in [5.74, 6) is 2.16. The Morgan fingerprint density at radius 3 is 2.71 bits per heavy atom. The van der Waals surface area contributed by atoms with E-state index in [1.807, 2.05) is 0 Å². The molecule has 134 valence electrons. The van der Waals surface area contributed by atoms with Crippen molar-refractivity contribution < 1.29 is 15.0 Å². The van der Waals surface area contributed by atoms with E-state index in [9.17, 15) is 15.0 Å². The zero-order valence-electron chi connectivity index (χ0n) is 15.1. The highest BCUT2D eigenvalue weighted by Crippen LogP contribution is 2.66. The largest absolute Gasteiger partial charge is 0.393 e. The molecule has 4 aliphatic rings. The topological polar surface area (TPSA) is 57.5 Å². The first-order valence-corrected chi connectivity index (χ1v) is 9.91. The van der Waals surface area contributed by atoms with Crippen LogP contribution in [-0.2, 0) is 4.79 Å². The summed E-state index contributed by atoms with van der Waals surface area (Å²) in [4.78, 5) is 12.3. The van der Waals surface area contributed by atoms with Crippen LogP contribution in [0.25, 0.3) is 0 Å². The number of ketones is 1. The van der Waals surface area contributed by atoms with Crippen LogP contribution in [0.1, 0.15) is 65.2 Å². The number of aliphatic hydroxyl groups excluding tert-OH is 2. The third-order valence-corrected chi connectivity index (χ3v) is 8.62. The van der Waals surface area contributed by atoms with E-state index in [-0.39, 0.29) is 35.2 Å². The van der Waals surface area contributed by atoms with E-state index < -0.39 is 0 Å². The number of allylic oxidation sites excluding steroid dienone is 1. The summed E-state index contributed by atoms with van der Waals surface area (Å²) in [6.07, 6.45) is 10.8. The molecule has 2 N–H and O–H groups in total. The Labute approximate surface area is 145 Å². The monoisotopic (exact) mass is 332 g/mol. The van der Waals surface area contributed by atoms with E-state index in [0.29, 0.717) is 17.8 Å². The Balaban J connectivity index is 1.64. The maximum absolute atomic E-state index is 12.3. The number of fused-ring (bicyclic) bond motifs is 5. The van der Waals surface area contributed by atoms with Crippen LogP contribution in [0.2, 0.25) is 0 Å². The highest BCUT2D eigenvalue weighted by atomic mass is 16.3. The lowest BCUT2D eigenvalue weighted by molar-refractivity contribution is -0.132. The zero-order chi connectivity index (χ0) is 17.1. The van der Waals surface area contributed by atoms with Crippen LogP contribution in [0.5, 0.6) is 0 Å². The summed E-state index contributed by atoms with van der Waals surface area (Å²) in [6, 6.07) is 0. The van der Waals surface area contributed by atoms with Crippen molar-refractivity contribution >= 4 is 5.78 Å². The van der Waals surface area contributed by atoms with Gasteiger partial charge in [-0.1, -0.05) is 25.5 Å². The molecule has 3 heteroatoms. The van der Waals surface area contributed by atoms with Crippen molar-refractivity contribution in [3.63, 3.8) is 0 Å². The fourth-order valence-corrected chi connectivity index (χ4v) is 7.28. The lowest BCUT2D eigenvalue weighted by Crippen LogP contribution is -2.51. The second kappa shape index (κ2) is 5.67. The molecule has 0 aromatic rings. The summed E-state index contributed by atoms with van der Waals surface area (Å²) >= 11 is 0. The van der Waals surface area contributed by atoms with Crippen molar-refractivity contribution in [2.24, 2.45) is 34.5 Å². The van der Waals surface area contributed by atoms with Gasteiger partial charge >= 0.3 is 0 Å². The quantitative estimate of drug-likeness (QED) is 0.761. The molecule has 3 nitrogen and oxygen atoms in total. The highest BCUT2D eigenvalue weighted by molar-refractivity contribution is 5.83. The van der Waals surface area contributed by atoms with Gasteiger partial charge in [0.1, 0.15) is 6.61 Å². The first kappa shape index (κ1) is 16.8. The molecule has 0 aliphatic heterocycles. The van der Waals surface area contributed by atoms with Crippen LogP contribution < -0.4 is 0 Å². The molecule has 0 unspecified atom stereocenters. The number of hydrogen-bond donors (Lipinski definition) is 2. The Morgan fingerprint density at radius 2 is 1.96 bits per heavy atom. The first-order valence-electron chi connectivity index (χ1n) is 9.91. The molecule has 3 saturated carbocycles. The molecular weight excluding hydrogens is 300 g/mol. The van der Waals surface area contributed by atoms with Gasteiger partial charge in [0, 0.05) is 5.92 Å². The zero-order valence-corrected chi connectivity index (χ0v) is 15.1. The van der Waals surface area contributed by atoms with Crippen molar-refractivity contribution in [3.05, 3.63) is 11.6 Å². The maximum atomic E-state index is 12.3. The Morgan fingerprint density at radius 1 is 1.17 bits per heavy atom. The molecule has 0 aromatic heterocycles. The molecule has 0 spiro atoms. The van der Waals surface area contributed by atoms with E-state index in [1.165, 1.54) is 12.0 Å². The predicted octanol–water partition coefficient (Wildman–Crippen LogP) is 3.49. The third-order valence-electron chi connectivity index (χ3n) is 8.62. The van der Waals surface area contributed by atoms with Gasteiger partial charge in [0.05, 0.1) is 6.10 Å². The van der Waals surface area contributed by atoms with E-state index in [2.05, 4.69) is 19.9 Å². The minimum Gasteiger partial charge on any atom is -0.393 e. The fraction of sp³-hybridized carbons (Fsp3) is 0.857. The first-order chi connectivity index (χ1) is 11.4. The number of rotatable bonds is 2. The number of Topliss-reactive ketones (excluding diaryl/α,β-unsaturated/α-hetero) is 1. The van der Waals surface area contributed by atoms with E-state index in [4.69, 9.17) is 0 Å². The van der Waals surface area contributed by atoms with E-state index >= 15 is 0 Å². The van der Waals surface area contributed by atoms with Gasteiger partial charge in [-0.05, 0) is 80.0 Å². The van der Waals surface area contributed by atoms with Gasteiger partial charge in [-0.15, -0.1) is 0 Å². The molecule has 4 aliphatic carbocycles. The summed E-state index contributed by atoms with van der Waals surface area (Å²) in [7, 11) is 0. The standard InChI is InChI=1S/C21H32O3/c1-20-9-7-14(23)11-13(20)3-4-15-16-5-6-18(19(24)12-22)21(16,2)10-8-17(15)20/h3,14-18,22-23H,4-12H2,1-2H3/t14-,15-,16+,17-,18+,20-,21+/m1/s1. The molecule has 0 heterocycles. The number of aliphatic hydroxyl groups is 2. The van der Waals surface area contributed by atoms with E-state index in [1.54, 1.807) is 0 Å². The average Bonchev–Trinajstić information content (AvgIpc) is 2.92. The second-order valence-electron chi connectivity index (χ2n) is 9.45. The molecule has 3 fully saturated rings. The highest BCUT2D eigenvalue weighted by Gasteiger charge is 2.59. The maximum Gasteiger partial charge on any atom is 0.161 e. The molecule has 4 rings (SSSR count). The van der Waals surface area contributed by atoms with Crippen LogP contribution in [0.15, 0.2) is 11.6 Å². The third kappa shape index (κ3) is 2.20. The minimum atomic E-state index is -0.291. The normalized spacial score (nSPS) is 50.5. The summed E-state index contributed by atoms with van der Waals surface area (Å²) in [5, 5.41) is 19.4. The molecular formula is C21H32O3. The van der Waals surface area contributed by atoms with Crippen molar-refractivity contribution in [2.75, 3.05) is 6.61 Å². The molecule has 0 bridgehead atoms.